The Morgan fingerprint density at radius 2 is 1.69 bits per heavy atom. The first-order chi connectivity index (χ1) is 6.37. The third-order valence-corrected chi connectivity index (χ3v) is 3.98. The van der Waals surface area contributed by atoms with E-state index in [0.29, 0.717) is 5.60 Å². The molecule has 13 heavy (non-hydrogen) atoms. The molecular formula is C12H22O. The maximum atomic E-state index is 6.07. The lowest BCUT2D eigenvalue weighted by molar-refractivity contribution is -0.124. The van der Waals surface area contributed by atoms with Crippen LogP contribution in [0.2, 0.25) is 0 Å². The fourth-order valence-corrected chi connectivity index (χ4v) is 3.38. The summed E-state index contributed by atoms with van der Waals surface area (Å²) in [6, 6.07) is 0. The van der Waals surface area contributed by atoms with E-state index >= 15 is 0 Å². The molecule has 0 unspecified atom stereocenters. The average Bonchev–Trinajstić information content (AvgIpc) is 2.18. The van der Waals surface area contributed by atoms with Crippen molar-refractivity contribution in [3.8, 4) is 0 Å². The minimum absolute atomic E-state index is 0.325. The second kappa shape index (κ2) is 4.00. The van der Waals surface area contributed by atoms with Crippen LogP contribution in [0.1, 0.15) is 58.3 Å². The molecule has 0 N–H and O–H groups in total. The second-order valence-corrected chi connectivity index (χ2v) is 4.69. The number of ether oxygens (including phenoxy) is 1. The number of fused-ring (bicyclic) bond motifs is 1. The van der Waals surface area contributed by atoms with Gasteiger partial charge in [0.05, 0.1) is 5.60 Å². The highest BCUT2D eigenvalue weighted by molar-refractivity contribution is 4.94. The van der Waals surface area contributed by atoms with Crippen molar-refractivity contribution in [1.29, 1.82) is 0 Å². The van der Waals surface area contributed by atoms with Gasteiger partial charge in [0.2, 0.25) is 0 Å². The molecule has 0 radical (unpaired) electrons. The smallest absolute Gasteiger partial charge is 0.0710 e. The van der Waals surface area contributed by atoms with Gasteiger partial charge in [-0.1, -0.05) is 25.7 Å². The zero-order chi connectivity index (χ0) is 9.15. The molecule has 0 saturated heterocycles. The van der Waals surface area contributed by atoms with Crippen LogP contribution in [0.25, 0.3) is 0 Å². The number of hydrogen-bond acceptors (Lipinski definition) is 1. The Morgan fingerprint density at radius 3 is 2.23 bits per heavy atom. The predicted molar refractivity (Wildman–Crippen MR) is 54.8 cm³/mol. The summed E-state index contributed by atoms with van der Waals surface area (Å²) in [7, 11) is 0. The normalized spacial score (nSPS) is 39.9. The van der Waals surface area contributed by atoms with Crippen LogP contribution in [-0.4, -0.2) is 12.2 Å². The van der Waals surface area contributed by atoms with E-state index in [1.807, 2.05) is 0 Å². The van der Waals surface area contributed by atoms with E-state index in [2.05, 4.69) is 6.92 Å². The van der Waals surface area contributed by atoms with Crippen molar-refractivity contribution in [3.05, 3.63) is 0 Å². The van der Waals surface area contributed by atoms with Crippen LogP contribution in [0.5, 0.6) is 0 Å². The lowest BCUT2D eigenvalue weighted by Gasteiger charge is -2.47. The molecule has 2 aliphatic carbocycles. The van der Waals surface area contributed by atoms with Gasteiger partial charge in [-0.2, -0.15) is 0 Å². The molecule has 0 heterocycles. The molecule has 0 aliphatic heterocycles. The molecular weight excluding hydrogens is 160 g/mol. The Kier molecular flexibility index (Phi) is 2.92. The molecule has 2 fully saturated rings. The summed E-state index contributed by atoms with van der Waals surface area (Å²) in [6.45, 7) is 3.06. The zero-order valence-electron chi connectivity index (χ0n) is 8.85. The van der Waals surface area contributed by atoms with Crippen LogP contribution in [0.4, 0.5) is 0 Å². The van der Waals surface area contributed by atoms with Crippen LogP contribution in [-0.2, 0) is 4.74 Å². The van der Waals surface area contributed by atoms with Gasteiger partial charge in [0, 0.05) is 6.61 Å². The number of hydrogen-bond donors (Lipinski definition) is 0. The Labute approximate surface area is 81.9 Å². The minimum Gasteiger partial charge on any atom is -0.375 e. The van der Waals surface area contributed by atoms with Gasteiger partial charge in [-0.25, -0.2) is 0 Å². The van der Waals surface area contributed by atoms with Gasteiger partial charge < -0.3 is 4.74 Å². The van der Waals surface area contributed by atoms with Crippen molar-refractivity contribution in [3.63, 3.8) is 0 Å². The standard InChI is InChI=1S/C12H22O/c1-2-13-12-9-5-3-7-11(12)8-4-6-10-12/h11H,2-10H2,1H3. The lowest BCUT2D eigenvalue weighted by Crippen LogP contribution is -2.45. The van der Waals surface area contributed by atoms with E-state index in [1.54, 1.807) is 0 Å². The van der Waals surface area contributed by atoms with Crippen molar-refractivity contribution in [2.24, 2.45) is 5.92 Å². The summed E-state index contributed by atoms with van der Waals surface area (Å²) in [4.78, 5) is 0. The van der Waals surface area contributed by atoms with Crippen molar-refractivity contribution in [2.75, 3.05) is 6.61 Å². The summed E-state index contributed by atoms with van der Waals surface area (Å²) in [6.07, 6.45) is 11.2. The van der Waals surface area contributed by atoms with Crippen molar-refractivity contribution in [2.45, 2.75) is 63.9 Å². The first kappa shape index (κ1) is 9.51. The van der Waals surface area contributed by atoms with Crippen molar-refractivity contribution < 1.29 is 4.74 Å². The van der Waals surface area contributed by atoms with Gasteiger partial charge in [0.1, 0.15) is 0 Å². The summed E-state index contributed by atoms with van der Waals surface area (Å²) in [5.41, 5.74) is 0.325. The van der Waals surface area contributed by atoms with Gasteiger partial charge in [-0.05, 0) is 38.5 Å². The maximum absolute atomic E-state index is 6.07. The van der Waals surface area contributed by atoms with Crippen LogP contribution < -0.4 is 0 Å². The van der Waals surface area contributed by atoms with E-state index in [-0.39, 0.29) is 0 Å². The zero-order valence-corrected chi connectivity index (χ0v) is 8.85. The average molecular weight is 182 g/mol. The van der Waals surface area contributed by atoms with E-state index in [9.17, 15) is 0 Å². The van der Waals surface area contributed by atoms with E-state index in [1.165, 1.54) is 51.4 Å². The molecule has 0 aromatic carbocycles. The Hall–Kier alpha value is -0.0400. The molecule has 0 spiro atoms. The van der Waals surface area contributed by atoms with Gasteiger partial charge in [-0.15, -0.1) is 0 Å². The van der Waals surface area contributed by atoms with Crippen molar-refractivity contribution in [1.82, 2.24) is 0 Å². The van der Waals surface area contributed by atoms with E-state index in [4.69, 9.17) is 4.74 Å². The molecule has 1 heteroatoms. The first-order valence-corrected chi connectivity index (χ1v) is 6.01. The monoisotopic (exact) mass is 182 g/mol. The van der Waals surface area contributed by atoms with Crippen LogP contribution in [0, 0.1) is 5.92 Å². The quantitative estimate of drug-likeness (QED) is 0.635. The molecule has 0 aromatic rings. The Morgan fingerprint density at radius 1 is 1.08 bits per heavy atom. The molecule has 2 aliphatic rings. The molecule has 1 nitrogen and oxygen atoms in total. The van der Waals surface area contributed by atoms with Crippen LogP contribution in [0.15, 0.2) is 0 Å². The van der Waals surface area contributed by atoms with Gasteiger partial charge >= 0.3 is 0 Å². The molecule has 2 rings (SSSR count). The molecule has 0 aromatic heterocycles. The summed E-state index contributed by atoms with van der Waals surface area (Å²) in [5.74, 6) is 0.898. The van der Waals surface area contributed by atoms with E-state index < -0.39 is 0 Å². The third-order valence-electron chi connectivity index (χ3n) is 3.98. The van der Waals surface area contributed by atoms with Gasteiger partial charge in [0.15, 0.2) is 0 Å². The Balaban J connectivity index is 2.06. The van der Waals surface area contributed by atoms with Crippen molar-refractivity contribution >= 4 is 0 Å². The fraction of sp³-hybridized carbons (Fsp3) is 1.00. The molecule has 0 bridgehead atoms. The molecule has 2 saturated carbocycles. The minimum atomic E-state index is 0.325. The molecule has 76 valence electrons. The maximum Gasteiger partial charge on any atom is 0.0710 e. The lowest BCUT2D eigenvalue weighted by atomic mass is 9.67. The summed E-state index contributed by atoms with van der Waals surface area (Å²) in [5, 5.41) is 0. The topological polar surface area (TPSA) is 9.23 Å². The molecule has 0 atom stereocenters. The summed E-state index contributed by atoms with van der Waals surface area (Å²) < 4.78 is 6.07. The number of rotatable bonds is 2. The fourth-order valence-electron chi connectivity index (χ4n) is 3.38. The van der Waals surface area contributed by atoms with Crippen LogP contribution in [0.3, 0.4) is 0 Å². The van der Waals surface area contributed by atoms with Gasteiger partial charge in [-0.3, -0.25) is 0 Å². The van der Waals surface area contributed by atoms with Crippen LogP contribution >= 0.6 is 0 Å². The third kappa shape index (κ3) is 1.76. The largest absolute Gasteiger partial charge is 0.375 e. The summed E-state index contributed by atoms with van der Waals surface area (Å²) >= 11 is 0. The highest BCUT2D eigenvalue weighted by Gasteiger charge is 2.42. The van der Waals surface area contributed by atoms with Gasteiger partial charge in [0.25, 0.3) is 0 Å². The highest BCUT2D eigenvalue weighted by Crippen LogP contribution is 2.46. The second-order valence-electron chi connectivity index (χ2n) is 4.69. The SMILES string of the molecule is CCOC12CCCCC1CCCC2. The first-order valence-electron chi connectivity index (χ1n) is 6.01. The van der Waals surface area contributed by atoms with E-state index in [0.717, 1.165) is 12.5 Å². The predicted octanol–water partition coefficient (Wildman–Crippen LogP) is 3.53. The Bertz CT molecular complexity index is 147. The molecule has 0 amide bonds. The highest BCUT2D eigenvalue weighted by atomic mass is 16.5.